The van der Waals surface area contributed by atoms with Gasteiger partial charge in [0.15, 0.2) is 0 Å². The number of benzene rings is 3. The monoisotopic (exact) mass is 390 g/mol. The van der Waals surface area contributed by atoms with E-state index < -0.39 is 0 Å². The quantitative estimate of drug-likeness (QED) is 0.634. The molecule has 0 amide bonds. The molecule has 4 heteroatoms. The lowest BCUT2D eigenvalue weighted by Gasteiger charge is -2.36. The fourth-order valence-electron chi connectivity index (χ4n) is 4.53. The van der Waals surface area contributed by atoms with E-state index in [4.69, 9.17) is 9.47 Å². The van der Waals surface area contributed by atoms with E-state index in [9.17, 15) is 10.2 Å². The number of aryl methyl sites for hydroxylation is 2. The van der Waals surface area contributed by atoms with E-state index >= 15 is 0 Å². The Hall–Kier alpha value is -3.14. The topological polar surface area (TPSA) is 58.9 Å². The molecule has 1 heterocycles. The second kappa shape index (κ2) is 7.36. The molecule has 0 saturated heterocycles. The van der Waals surface area contributed by atoms with Crippen molar-refractivity contribution < 1.29 is 19.7 Å². The lowest BCUT2D eigenvalue weighted by Crippen LogP contribution is -2.26. The summed E-state index contributed by atoms with van der Waals surface area (Å²) >= 11 is 0. The Morgan fingerprint density at radius 2 is 1.55 bits per heavy atom. The first-order chi connectivity index (χ1) is 13.9. The van der Waals surface area contributed by atoms with Crippen LogP contribution in [0.3, 0.4) is 0 Å². The number of phenols is 2. The van der Waals surface area contributed by atoms with Gasteiger partial charge in [0.2, 0.25) is 0 Å². The molecule has 3 aromatic carbocycles. The van der Waals surface area contributed by atoms with Crippen molar-refractivity contribution in [2.24, 2.45) is 0 Å². The summed E-state index contributed by atoms with van der Waals surface area (Å²) in [6.07, 6.45) is 0. The average Bonchev–Trinajstić information content (AvgIpc) is 2.70. The zero-order valence-electron chi connectivity index (χ0n) is 17.2. The first-order valence-corrected chi connectivity index (χ1v) is 9.80. The maximum Gasteiger partial charge on any atom is 0.129 e. The molecule has 0 spiro atoms. The molecule has 1 aliphatic rings. The predicted octanol–water partition coefficient (Wildman–Crippen LogP) is 5.34. The maximum atomic E-state index is 10.2. The number of rotatable bonds is 3. The highest BCUT2D eigenvalue weighted by atomic mass is 16.5. The van der Waals surface area contributed by atoms with E-state index in [1.807, 2.05) is 25.1 Å². The minimum absolute atomic E-state index is 0.0610. The van der Waals surface area contributed by atoms with Crippen LogP contribution >= 0.6 is 0 Å². The van der Waals surface area contributed by atoms with Gasteiger partial charge < -0.3 is 19.7 Å². The van der Waals surface area contributed by atoms with Crippen molar-refractivity contribution in [2.45, 2.75) is 32.6 Å². The Balaban J connectivity index is 1.92. The van der Waals surface area contributed by atoms with Gasteiger partial charge in [0.1, 0.15) is 23.0 Å². The number of phenolic OH excluding ortho intramolecular Hbond substituents is 2. The molecule has 1 aliphatic heterocycles. The van der Waals surface area contributed by atoms with Gasteiger partial charge in [0.25, 0.3) is 0 Å². The van der Waals surface area contributed by atoms with Crippen molar-refractivity contribution in [1.29, 1.82) is 0 Å². The van der Waals surface area contributed by atoms with Gasteiger partial charge in [-0.25, -0.2) is 0 Å². The second-order valence-corrected chi connectivity index (χ2v) is 7.80. The first kappa shape index (κ1) is 19.2. The predicted molar refractivity (Wildman–Crippen MR) is 113 cm³/mol. The fraction of sp³-hybridized carbons (Fsp3) is 0.280. The normalized spacial score (nSPS) is 18.1. The Morgan fingerprint density at radius 3 is 2.17 bits per heavy atom. The SMILES string of the molecule is COc1c(C)cc(C2c3ccc(O)c(C)c3OC[C@@H]2c2ccc(O)cc2)cc1C. The molecule has 4 rings (SSSR count). The Bertz CT molecular complexity index is 1030. The highest BCUT2D eigenvalue weighted by Gasteiger charge is 2.35. The Labute approximate surface area is 171 Å². The standard InChI is InChI=1S/C25H26O4/c1-14-11-18(12-15(2)24(14)28-4)23-20-9-10-22(27)16(3)25(20)29-13-21(23)17-5-7-19(26)8-6-17/h5-12,21,23,26-27H,13H2,1-4H3/t21-,23?/m1/s1. The van der Waals surface area contributed by atoms with Crippen LogP contribution in [0.5, 0.6) is 23.0 Å². The van der Waals surface area contributed by atoms with Crippen LogP contribution in [0.15, 0.2) is 48.5 Å². The molecule has 0 bridgehead atoms. The van der Waals surface area contributed by atoms with Crippen LogP contribution in [0.1, 0.15) is 45.2 Å². The lowest BCUT2D eigenvalue weighted by atomic mass is 9.74. The van der Waals surface area contributed by atoms with Gasteiger partial charge in [-0.05, 0) is 61.2 Å². The second-order valence-electron chi connectivity index (χ2n) is 7.80. The van der Waals surface area contributed by atoms with Crippen molar-refractivity contribution in [1.82, 2.24) is 0 Å². The van der Waals surface area contributed by atoms with Gasteiger partial charge in [-0.1, -0.05) is 30.3 Å². The number of hydrogen-bond acceptors (Lipinski definition) is 4. The molecule has 0 aliphatic carbocycles. The molecule has 2 atom stereocenters. The highest BCUT2D eigenvalue weighted by molar-refractivity contribution is 5.57. The van der Waals surface area contributed by atoms with Crippen LogP contribution in [0.2, 0.25) is 0 Å². The summed E-state index contributed by atoms with van der Waals surface area (Å²) in [6.45, 7) is 6.51. The smallest absolute Gasteiger partial charge is 0.129 e. The van der Waals surface area contributed by atoms with Crippen LogP contribution in [0, 0.1) is 20.8 Å². The van der Waals surface area contributed by atoms with Crippen LogP contribution in [0.4, 0.5) is 0 Å². The van der Waals surface area contributed by atoms with E-state index in [-0.39, 0.29) is 23.3 Å². The molecule has 0 saturated carbocycles. The molecule has 0 aromatic heterocycles. The molecule has 29 heavy (non-hydrogen) atoms. The third kappa shape index (κ3) is 3.29. The van der Waals surface area contributed by atoms with Gasteiger partial charge >= 0.3 is 0 Å². The molecule has 150 valence electrons. The molecule has 1 unspecified atom stereocenters. The Kier molecular flexibility index (Phi) is 4.87. The molecular weight excluding hydrogens is 364 g/mol. The summed E-state index contributed by atoms with van der Waals surface area (Å²) < 4.78 is 11.7. The lowest BCUT2D eigenvalue weighted by molar-refractivity contribution is 0.245. The summed E-state index contributed by atoms with van der Waals surface area (Å²) in [5, 5.41) is 19.9. The van der Waals surface area contributed by atoms with Crippen LogP contribution < -0.4 is 9.47 Å². The van der Waals surface area contributed by atoms with Crippen LogP contribution in [-0.2, 0) is 0 Å². The fourth-order valence-corrected chi connectivity index (χ4v) is 4.53. The number of hydrogen-bond donors (Lipinski definition) is 2. The van der Waals surface area contributed by atoms with Gasteiger partial charge in [0.05, 0.1) is 13.7 Å². The molecule has 4 nitrogen and oxygen atoms in total. The molecular formula is C25H26O4. The van der Waals surface area contributed by atoms with Crippen molar-refractivity contribution in [3.63, 3.8) is 0 Å². The van der Waals surface area contributed by atoms with Crippen molar-refractivity contribution in [3.8, 4) is 23.0 Å². The third-order valence-corrected chi connectivity index (χ3v) is 5.92. The maximum absolute atomic E-state index is 10.2. The van der Waals surface area contributed by atoms with Crippen molar-refractivity contribution in [3.05, 3.63) is 81.9 Å². The van der Waals surface area contributed by atoms with Gasteiger partial charge in [-0.2, -0.15) is 0 Å². The number of ether oxygens (including phenoxy) is 2. The average molecular weight is 390 g/mol. The third-order valence-electron chi connectivity index (χ3n) is 5.92. The first-order valence-electron chi connectivity index (χ1n) is 9.80. The van der Waals surface area contributed by atoms with E-state index in [0.717, 1.165) is 39.3 Å². The summed E-state index contributed by atoms with van der Waals surface area (Å²) in [5.74, 6) is 2.30. The summed E-state index contributed by atoms with van der Waals surface area (Å²) in [5.41, 5.74) is 6.31. The van der Waals surface area contributed by atoms with E-state index in [1.165, 1.54) is 5.56 Å². The molecule has 0 radical (unpaired) electrons. The molecule has 3 aromatic rings. The molecule has 0 fully saturated rings. The summed E-state index contributed by atoms with van der Waals surface area (Å²) in [7, 11) is 1.70. The van der Waals surface area contributed by atoms with Crippen molar-refractivity contribution in [2.75, 3.05) is 13.7 Å². The minimum atomic E-state index is 0.0610. The highest BCUT2D eigenvalue weighted by Crippen LogP contribution is 2.49. The van der Waals surface area contributed by atoms with Crippen LogP contribution in [0.25, 0.3) is 0 Å². The number of methoxy groups -OCH3 is 1. The zero-order valence-corrected chi connectivity index (χ0v) is 17.2. The Morgan fingerprint density at radius 1 is 0.897 bits per heavy atom. The van der Waals surface area contributed by atoms with E-state index in [0.29, 0.717) is 6.61 Å². The summed E-state index contributed by atoms with van der Waals surface area (Å²) in [4.78, 5) is 0. The van der Waals surface area contributed by atoms with Crippen LogP contribution in [-0.4, -0.2) is 23.9 Å². The van der Waals surface area contributed by atoms with E-state index in [2.05, 4.69) is 26.0 Å². The van der Waals surface area contributed by atoms with Gasteiger partial charge in [-0.15, -0.1) is 0 Å². The van der Waals surface area contributed by atoms with Crippen molar-refractivity contribution >= 4 is 0 Å². The molecule has 2 N–H and O–H groups in total. The largest absolute Gasteiger partial charge is 0.508 e. The number of fused-ring (bicyclic) bond motifs is 1. The minimum Gasteiger partial charge on any atom is -0.508 e. The van der Waals surface area contributed by atoms with E-state index in [1.54, 1.807) is 25.3 Å². The number of aromatic hydroxyl groups is 2. The zero-order chi connectivity index (χ0) is 20.7. The summed E-state index contributed by atoms with van der Waals surface area (Å²) in [6, 6.07) is 15.4. The van der Waals surface area contributed by atoms with Gasteiger partial charge in [0, 0.05) is 23.0 Å². The van der Waals surface area contributed by atoms with Gasteiger partial charge in [-0.3, -0.25) is 0 Å².